The van der Waals surface area contributed by atoms with Crippen LogP contribution in [0.15, 0.2) is 24.3 Å². The second kappa shape index (κ2) is 5.64. The zero-order chi connectivity index (χ0) is 13.2. The molecule has 2 N–H and O–H groups in total. The minimum Gasteiger partial charge on any atom is -0.329 e. The number of nitrogens with zero attached hydrogens (tertiary/aromatic N) is 1. The van der Waals surface area contributed by atoms with Gasteiger partial charge in [0.15, 0.2) is 0 Å². The van der Waals surface area contributed by atoms with Crippen LogP contribution >= 0.6 is 0 Å². The molecule has 1 aliphatic heterocycles. The molecule has 1 fully saturated rings. The Bertz CT molecular complexity index is 429. The van der Waals surface area contributed by atoms with Crippen molar-refractivity contribution in [2.24, 2.45) is 11.7 Å². The predicted octanol–water partition coefficient (Wildman–Crippen LogP) is 2.78. The fourth-order valence-corrected chi connectivity index (χ4v) is 3.85. The molecule has 2 aliphatic rings. The van der Waals surface area contributed by atoms with Crippen molar-refractivity contribution in [2.75, 3.05) is 19.6 Å². The van der Waals surface area contributed by atoms with E-state index in [0.717, 1.165) is 18.4 Å². The monoisotopic (exact) mass is 258 g/mol. The van der Waals surface area contributed by atoms with Crippen molar-refractivity contribution in [1.82, 2.24) is 4.90 Å². The molecule has 1 saturated heterocycles. The van der Waals surface area contributed by atoms with Crippen molar-refractivity contribution in [3.05, 3.63) is 35.4 Å². The maximum Gasteiger partial charge on any atom is 0.0221 e. The molecule has 3 atom stereocenters. The van der Waals surface area contributed by atoms with Gasteiger partial charge in [0.25, 0.3) is 0 Å². The second-order valence-electron chi connectivity index (χ2n) is 6.28. The minimum atomic E-state index is 0.617. The Kier molecular flexibility index (Phi) is 3.90. The van der Waals surface area contributed by atoms with E-state index in [0.29, 0.717) is 6.04 Å². The summed E-state index contributed by atoms with van der Waals surface area (Å²) < 4.78 is 0. The van der Waals surface area contributed by atoms with E-state index in [1.54, 1.807) is 11.1 Å². The molecule has 19 heavy (non-hydrogen) atoms. The molecule has 2 heteroatoms. The normalized spacial score (nSPS) is 30.7. The van der Waals surface area contributed by atoms with Crippen LogP contribution in [0.4, 0.5) is 0 Å². The van der Waals surface area contributed by atoms with Gasteiger partial charge in [-0.05, 0) is 42.9 Å². The topological polar surface area (TPSA) is 29.3 Å². The number of fused-ring (bicyclic) bond motifs is 1. The minimum absolute atomic E-state index is 0.617. The van der Waals surface area contributed by atoms with Crippen LogP contribution in [0.2, 0.25) is 0 Å². The van der Waals surface area contributed by atoms with Gasteiger partial charge in [-0.2, -0.15) is 0 Å². The largest absolute Gasteiger partial charge is 0.329 e. The van der Waals surface area contributed by atoms with E-state index < -0.39 is 0 Å². The highest BCUT2D eigenvalue weighted by Gasteiger charge is 2.32. The van der Waals surface area contributed by atoms with Gasteiger partial charge in [-0.1, -0.05) is 37.6 Å². The van der Waals surface area contributed by atoms with Crippen LogP contribution in [0.3, 0.4) is 0 Å². The molecule has 0 bridgehead atoms. The molecule has 1 aromatic carbocycles. The summed E-state index contributed by atoms with van der Waals surface area (Å²) in [5.74, 6) is 1.65. The maximum atomic E-state index is 6.00. The summed E-state index contributed by atoms with van der Waals surface area (Å²) in [7, 11) is 0. The molecule has 0 spiro atoms. The maximum absolute atomic E-state index is 6.00. The highest BCUT2D eigenvalue weighted by atomic mass is 15.2. The number of nitrogens with two attached hydrogens (primary N) is 1. The van der Waals surface area contributed by atoms with Gasteiger partial charge in [-0.15, -0.1) is 0 Å². The molecule has 2 nitrogen and oxygen atoms in total. The molecule has 0 amide bonds. The predicted molar refractivity (Wildman–Crippen MR) is 80.3 cm³/mol. The summed E-state index contributed by atoms with van der Waals surface area (Å²) in [6.45, 7) is 5.61. The number of hydrogen-bond acceptors (Lipinski definition) is 2. The lowest BCUT2D eigenvalue weighted by Crippen LogP contribution is -2.49. The molecule has 0 radical (unpaired) electrons. The Morgan fingerprint density at radius 3 is 2.89 bits per heavy atom. The van der Waals surface area contributed by atoms with Crippen LogP contribution in [-0.2, 0) is 6.42 Å². The first-order valence-electron chi connectivity index (χ1n) is 7.83. The highest BCUT2D eigenvalue weighted by Crippen LogP contribution is 2.37. The summed E-state index contributed by atoms with van der Waals surface area (Å²) in [6, 6.07) is 9.53. The van der Waals surface area contributed by atoms with Gasteiger partial charge in [0, 0.05) is 25.0 Å². The van der Waals surface area contributed by atoms with Gasteiger partial charge < -0.3 is 5.73 Å². The van der Waals surface area contributed by atoms with E-state index in [1.807, 2.05) is 0 Å². The van der Waals surface area contributed by atoms with Gasteiger partial charge in [0.2, 0.25) is 0 Å². The molecule has 1 aromatic rings. The van der Waals surface area contributed by atoms with Crippen molar-refractivity contribution < 1.29 is 0 Å². The van der Waals surface area contributed by atoms with Crippen LogP contribution in [0.25, 0.3) is 0 Å². The van der Waals surface area contributed by atoms with E-state index in [2.05, 4.69) is 36.1 Å². The molecule has 3 unspecified atom stereocenters. The number of benzene rings is 1. The van der Waals surface area contributed by atoms with Gasteiger partial charge in [-0.3, -0.25) is 4.90 Å². The Balaban J connectivity index is 1.61. The lowest BCUT2D eigenvalue weighted by molar-refractivity contribution is 0.104. The molecular formula is C17H26N2. The van der Waals surface area contributed by atoms with E-state index in [9.17, 15) is 0 Å². The third kappa shape index (κ3) is 2.56. The number of hydrogen-bond donors (Lipinski definition) is 1. The summed E-state index contributed by atoms with van der Waals surface area (Å²) in [5.41, 5.74) is 9.13. The van der Waals surface area contributed by atoms with Crippen LogP contribution in [0, 0.1) is 5.92 Å². The van der Waals surface area contributed by atoms with Gasteiger partial charge in [-0.25, -0.2) is 0 Å². The Morgan fingerprint density at radius 1 is 1.32 bits per heavy atom. The van der Waals surface area contributed by atoms with Crippen molar-refractivity contribution >= 4 is 0 Å². The van der Waals surface area contributed by atoms with Crippen molar-refractivity contribution in [3.63, 3.8) is 0 Å². The van der Waals surface area contributed by atoms with Crippen LogP contribution < -0.4 is 5.73 Å². The first-order chi connectivity index (χ1) is 9.31. The lowest BCUT2D eigenvalue weighted by atomic mass is 9.76. The zero-order valence-corrected chi connectivity index (χ0v) is 12.0. The number of likely N-dealkylation sites (tertiary alicyclic amines) is 1. The number of rotatable bonds is 4. The average Bonchev–Trinajstić information content (AvgIpc) is 2.44. The Labute approximate surface area is 117 Å². The first-order valence-corrected chi connectivity index (χ1v) is 7.83. The molecule has 104 valence electrons. The fraction of sp³-hybridized carbons (Fsp3) is 0.647. The smallest absolute Gasteiger partial charge is 0.0221 e. The van der Waals surface area contributed by atoms with Gasteiger partial charge in [0.05, 0.1) is 0 Å². The van der Waals surface area contributed by atoms with Gasteiger partial charge in [0.1, 0.15) is 0 Å². The molecular weight excluding hydrogens is 232 g/mol. The van der Waals surface area contributed by atoms with Crippen LogP contribution in [-0.4, -0.2) is 30.6 Å². The Morgan fingerprint density at radius 2 is 2.16 bits per heavy atom. The molecule has 0 aromatic heterocycles. The fourth-order valence-electron chi connectivity index (χ4n) is 3.85. The molecule has 1 aliphatic carbocycles. The van der Waals surface area contributed by atoms with Crippen molar-refractivity contribution in [1.29, 1.82) is 0 Å². The van der Waals surface area contributed by atoms with Gasteiger partial charge >= 0.3 is 0 Å². The second-order valence-corrected chi connectivity index (χ2v) is 6.28. The Hall–Kier alpha value is -0.860. The number of piperidine rings is 1. The van der Waals surface area contributed by atoms with E-state index in [4.69, 9.17) is 5.73 Å². The van der Waals surface area contributed by atoms with E-state index in [-0.39, 0.29) is 0 Å². The van der Waals surface area contributed by atoms with Crippen LogP contribution in [0.1, 0.15) is 43.2 Å². The average molecular weight is 258 g/mol. The summed E-state index contributed by atoms with van der Waals surface area (Å²) >= 11 is 0. The summed E-state index contributed by atoms with van der Waals surface area (Å²) in [4.78, 5) is 2.66. The highest BCUT2D eigenvalue weighted by molar-refractivity contribution is 5.40. The third-order valence-corrected chi connectivity index (χ3v) is 5.21. The molecule has 1 heterocycles. The zero-order valence-electron chi connectivity index (χ0n) is 12.0. The SMILES string of the molecule is CCC1CCN(CC2Cc3ccccc32)C(CN)C1. The van der Waals surface area contributed by atoms with Crippen molar-refractivity contribution in [2.45, 2.75) is 44.6 Å². The standard InChI is InChI=1S/C17H26N2/c1-2-13-7-8-19(16(9-13)11-18)12-15-10-14-5-3-4-6-17(14)15/h3-6,13,15-16H,2,7-12,18H2,1H3. The van der Waals surface area contributed by atoms with E-state index in [1.165, 1.54) is 38.8 Å². The quantitative estimate of drug-likeness (QED) is 0.900. The van der Waals surface area contributed by atoms with Crippen molar-refractivity contribution in [3.8, 4) is 0 Å². The molecule has 0 saturated carbocycles. The summed E-state index contributed by atoms with van der Waals surface area (Å²) in [5, 5.41) is 0. The lowest BCUT2D eigenvalue weighted by Gasteiger charge is -2.43. The molecule has 3 rings (SSSR count). The van der Waals surface area contributed by atoms with Crippen LogP contribution in [0.5, 0.6) is 0 Å². The van der Waals surface area contributed by atoms with E-state index >= 15 is 0 Å². The first kappa shape index (κ1) is 13.1. The third-order valence-electron chi connectivity index (χ3n) is 5.21. The summed E-state index contributed by atoms with van der Waals surface area (Å²) in [6.07, 6.45) is 5.25.